The van der Waals surface area contributed by atoms with Crippen molar-refractivity contribution < 1.29 is 4.79 Å². The number of benzene rings is 1. The minimum Gasteiger partial charge on any atom is -0.364 e. The molecule has 1 amide bonds. The van der Waals surface area contributed by atoms with Gasteiger partial charge >= 0.3 is 0 Å². The fourth-order valence-corrected chi connectivity index (χ4v) is 1.64. The predicted octanol–water partition coefficient (Wildman–Crippen LogP) is 1.08. The first-order valence-electron chi connectivity index (χ1n) is 5.86. The molecule has 0 spiro atoms. The van der Waals surface area contributed by atoms with Crippen molar-refractivity contribution in [3.8, 4) is 5.69 Å². The van der Waals surface area contributed by atoms with Crippen molar-refractivity contribution in [3.05, 3.63) is 47.8 Å². The fraction of sp³-hybridized carbons (Fsp3) is 0.231. The van der Waals surface area contributed by atoms with Crippen molar-refractivity contribution in [2.75, 3.05) is 6.54 Å². The Morgan fingerprint density at radius 1 is 1.33 bits per heavy atom. The van der Waals surface area contributed by atoms with E-state index in [2.05, 4.69) is 17.3 Å². The van der Waals surface area contributed by atoms with Crippen LogP contribution in [0, 0.1) is 0 Å². The highest BCUT2D eigenvalue weighted by atomic mass is 16.1. The van der Waals surface area contributed by atoms with Crippen molar-refractivity contribution >= 4 is 5.91 Å². The third kappa shape index (κ3) is 2.75. The molecule has 94 valence electrons. The maximum atomic E-state index is 11.0. The molecule has 0 aliphatic heterocycles. The van der Waals surface area contributed by atoms with E-state index < -0.39 is 5.91 Å². The van der Waals surface area contributed by atoms with Crippen LogP contribution in [0.5, 0.6) is 0 Å². The van der Waals surface area contributed by atoms with Crippen LogP contribution in [-0.4, -0.2) is 22.2 Å². The summed E-state index contributed by atoms with van der Waals surface area (Å²) in [6.07, 6.45) is 1.72. The predicted molar refractivity (Wildman–Crippen MR) is 69.5 cm³/mol. The zero-order valence-corrected chi connectivity index (χ0v) is 10.3. The summed E-state index contributed by atoms with van der Waals surface area (Å²) in [5, 5.41) is 7.36. The van der Waals surface area contributed by atoms with Gasteiger partial charge in [-0.15, -0.1) is 0 Å². The molecule has 0 aliphatic carbocycles. The lowest BCUT2D eigenvalue weighted by molar-refractivity contribution is 0.0995. The Morgan fingerprint density at radius 2 is 2.06 bits per heavy atom. The Labute approximate surface area is 106 Å². The molecule has 1 heterocycles. The van der Waals surface area contributed by atoms with E-state index in [9.17, 15) is 4.79 Å². The van der Waals surface area contributed by atoms with Crippen LogP contribution in [-0.2, 0) is 6.54 Å². The zero-order valence-electron chi connectivity index (χ0n) is 10.3. The van der Waals surface area contributed by atoms with Gasteiger partial charge in [-0.3, -0.25) is 4.79 Å². The number of nitrogens with two attached hydrogens (primary N) is 1. The van der Waals surface area contributed by atoms with Crippen LogP contribution in [0.4, 0.5) is 0 Å². The molecule has 1 aromatic carbocycles. The Kier molecular flexibility index (Phi) is 3.74. The molecule has 3 N–H and O–H groups in total. The van der Waals surface area contributed by atoms with E-state index >= 15 is 0 Å². The summed E-state index contributed by atoms with van der Waals surface area (Å²) >= 11 is 0. The number of nitrogens with one attached hydrogen (secondary N) is 1. The highest BCUT2D eigenvalue weighted by Crippen LogP contribution is 2.09. The molecule has 0 atom stereocenters. The highest BCUT2D eigenvalue weighted by Gasteiger charge is 2.05. The Balaban J connectivity index is 2.15. The quantitative estimate of drug-likeness (QED) is 0.826. The highest BCUT2D eigenvalue weighted by molar-refractivity contribution is 5.90. The SMILES string of the molecule is CCNCc1ccc(-n2ccc(C(N)=O)n2)cc1. The number of hydrogen-bond acceptors (Lipinski definition) is 3. The van der Waals surface area contributed by atoms with Crippen LogP contribution < -0.4 is 11.1 Å². The number of primary amides is 1. The molecule has 5 heteroatoms. The van der Waals surface area contributed by atoms with Crippen LogP contribution in [0.25, 0.3) is 5.69 Å². The molecule has 2 aromatic rings. The van der Waals surface area contributed by atoms with E-state index in [4.69, 9.17) is 5.73 Å². The average Bonchev–Trinajstić information content (AvgIpc) is 2.87. The number of aromatic nitrogens is 2. The number of carbonyl (C=O) groups excluding carboxylic acids is 1. The molecule has 0 fully saturated rings. The van der Waals surface area contributed by atoms with E-state index in [1.54, 1.807) is 16.9 Å². The Hall–Kier alpha value is -2.14. The maximum absolute atomic E-state index is 11.0. The van der Waals surface area contributed by atoms with E-state index in [1.807, 2.05) is 24.3 Å². The molecule has 0 radical (unpaired) electrons. The minimum atomic E-state index is -0.516. The lowest BCUT2D eigenvalue weighted by atomic mass is 10.2. The van der Waals surface area contributed by atoms with Crippen molar-refractivity contribution in [2.24, 2.45) is 5.73 Å². The van der Waals surface area contributed by atoms with Crippen LogP contribution in [0.1, 0.15) is 23.0 Å². The van der Waals surface area contributed by atoms with Crippen LogP contribution in [0.15, 0.2) is 36.5 Å². The normalized spacial score (nSPS) is 10.5. The van der Waals surface area contributed by atoms with Gasteiger partial charge in [-0.25, -0.2) is 4.68 Å². The Morgan fingerprint density at radius 3 is 2.61 bits per heavy atom. The van der Waals surface area contributed by atoms with E-state index in [0.29, 0.717) is 0 Å². The van der Waals surface area contributed by atoms with Gasteiger partial charge in [0.05, 0.1) is 5.69 Å². The van der Waals surface area contributed by atoms with E-state index in [1.165, 1.54) is 5.56 Å². The van der Waals surface area contributed by atoms with Crippen molar-refractivity contribution in [1.29, 1.82) is 0 Å². The summed E-state index contributed by atoms with van der Waals surface area (Å²) in [4.78, 5) is 11.0. The summed E-state index contributed by atoms with van der Waals surface area (Å²) in [6.45, 7) is 3.87. The summed E-state index contributed by atoms with van der Waals surface area (Å²) in [6, 6.07) is 9.59. The second kappa shape index (κ2) is 5.46. The minimum absolute atomic E-state index is 0.270. The number of carbonyl (C=O) groups is 1. The van der Waals surface area contributed by atoms with Gasteiger partial charge in [-0.05, 0) is 30.3 Å². The van der Waals surface area contributed by atoms with Crippen molar-refractivity contribution in [3.63, 3.8) is 0 Å². The lowest BCUT2D eigenvalue weighted by Crippen LogP contribution is -2.12. The fourth-order valence-electron chi connectivity index (χ4n) is 1.64. The zero-order chi connectivity index (χ0) is 13.0. The van der Waals surface area contributed by atoms with E-state index in [0.717, 1.165) is 18.8 Å². The van der Waals surface area contributed by atoms with Gasteiger partial charge in [0.25, 0.3) is 5.91 Å². The third-order valence-corrected chi connectivity index (χ3v) is 2.62. The van der Waals surface area contributed by atoms with Gasteiger partial charge in [0, 0.05) is 12.7 Å². The maximum Gasteiger partial charge on any atom is 0.269 e. The second-order valence-corrected chi connectivity index (χ2v) is 3.96. The van der Waals surface area contributed by atoms with Crippen LogP contribution >= 0.6 is 0 Å². The van der Waals surface area contributed by atoms with Gasteiger partial charge in [0.15, 0.2) is 0 Å². The molecule has 2 rings (SSSR count). The lowest BCUT2D eigenvalue weighted by Gasteiger charge is -2.04. The first-order valence-corrected chi connectivity index (χ1v) is 5.86. The van der Waals surface area contributed by atoms with Crippen molar-refractivity contribution in [1.82, 2.24) is 15.1 Å². The van der Waals surface area contributed by atoms with Gasteiger partial charge < -0.3 is 11.1 Å². The van der Waals surface area contributed by atoms with Crippen LogP contribution in [0.2, 0.25) is 0 Å². The second-order valence-electron chi connectivity index (χ2n) is 3.96. The molecular weight excluding hydrogens is 228 g/mol. The van der Waals surface area contributed by atoms with Crippen molar-refractivity contribution in [2.45, 2.75) is 13.5 Å². The van der Waals surface area contributed by atoms with Gasteiger partial charge in [0.2, 0.25) is 0 Å². The molecule has 0 saturated carbocycles. The average molecular weight is 244 g/mol. The molecule has 1 aromatic heterocycles. The summed E-state index contributed by atoms with van der Waals surface area (Å²) in [5.74, 6) is -0.516. The first kappa shape index (κ1) is 12.3. The Bertz CT molecular complexity index is 530. The molecular formula is C13H16N4O. The summed E-state index contributed by atoms with van der Waals surface area (Å²) < 4.78 is 1.64. The molecule has 0 aliphatic rings. The number of amides is 1. The standard InChI is InChI=1S/C13H16N4O/c1-2-15-9-10-3-5-11(6-4-10)17-8-7-12(16-17)13(14)18/h3-8,15H,2,9H2,1H3,(H2,14,18). The smallest absolute Gasteiger partial charge is 0.269 e. The van der Waals surface area contributed by atoms with Gasteiger partial charge in [0.1, 0.15) is 5.69 Å². The van der Waals surface area contributed by atoms with E-state index in [-0.39, 0.29) is 5.69 Å². The summed E-state index contributed by atoms with van der Waals surface area (Å²) in [5.41, 5.74) is 7.55. The summed E-state index contributed by atoms with van der Waals surface area (Å²) in [7, 11) is 0. The number of nitrogens with zero attached hydrogens (tertiary/aromatic N) is 2. The molecule has 18 heavy (non-hydrogen) atoms. The van der Waals surface area contributed by atoms with Gasteiger partial charge in [-0.1, -0.05) is 19.1 Å². The first-order chi connectivity index (χ1) is 8.70. The number of hydrogen-bond donors (Lipinski definition) is 2. The molecule has 0 bridgehead atoms. The molecule has 0 unspecified atom stereocenters. The van der Waals surface area contributed by atoms with Crippen LogP contribution in [0.3, 0.4) is 0 Å². The topological polar surface area (TPSA) is 72.9 Å². The third-order valence-electron chi connectivity index (χ3n) is 2.62. The van der Waals surface area contributed by atoms with Gasteiger partial charge in [-0.2, -0.15) is 5.10 Å². The molecule has 5 nitrogen and oxygen atoms in total. The number of rotatable bonds is 5. The largest absolute Gasteiger partial charge is 0.364 e. The molecule has 0 saturated heterocycles. The monoisotopic (exact) mass is 244 g/mol.